The summed E-state index contributed by atoms with van der Waals surface area (Å²) in [6.07, 6.45) is 0.548. The van der Waals surface area contributed by atoms with E-state index < -0.39 is 10.0 Å². The maximum absolute atomic E-state index is 12.1. The monoisotopic (exact) mass is 337 g/mol. The minimum atomic E-state index is -3.44. The average molecular weight is 337 g/mol. The van der Waals surface area contributed by atoms with Crippen LogP contribution in [0.15, 0.2) is 39.3 Å². The number of hydrogen-bond donors (Lipinski definition) is 3. The van der Waals surface area contributed by atoms with Gasteiger partial charge in [-0.1, -0.05) is 6.07 Å². The smallest absolute Gasteiger partial charge is 0.306 e. The zero-order chi connectivity index (χ0) is 15.7. The molecule has 2 aromatic heterocycles. The van der Waals surface area contributed by atoms with E-state index in [1.165, 1.54) is 11.3 Å². The van der Waals surface area contributed by atoms with Gasteiger partial charge in [-0.3, -0.25) is 0 Å². The maximum Gasteiger partial charge on any atom is 0.323 e. The van der Waals surface area contributed by atoms with Crippen molar-refractivity contribution in [1.29, 1.82) is 0 Å². The summed E-state index contributed by atoms with van der Waals surface area (Å²) in [5.41, 5.74) is 2.16. The second-order valence-corrected chi connectivity index (χ2v) is 8.25. The minimum Gasteiger partial charge on any atom is -0.306 e. The van der Waals surface area contributed by atoms with Crippen molar-refractivity contribution in [3.8, 4) is 0 Å². The highest BCUT2D eigenvalue weighted by Gasteiger charge is 2.15. The molecule has 1 aromatic carbocycles. The molecule has 116 valence electrons. The number of H-pyrrole nitrogens is 2. The van der Waals surface area contributed by atoms with Gasteiger partial charge in [-0.25, -0.2) is 17.9 Å². The first-order valence-electron chi connectivity index (χ1n) is 6.71. The Kier molecular flexibility index (Phi) is 3.90. The molecule has 3 N–H and O–H groups in total. The van der Waals surface area contributed by atoms with Gasteiger partial charge in [0.25, 0.3) is 0 Å². The van der Waals surface area contributed by atoms with Crippen LogP contribution < -0.4 is 10.4 Å². The SMILES string of the molecule is Cc1ccc(S(=O)(=O)NCCc2ccc3[nH]c(=O)[nH]c3c2)s1. The standard InChI is InChI=1S/C14H15N3O3S2/c1-9-2-5-13(21-9)22(19,20)15-7-6-10-3-4-11-12(8-10)17-14(18)16-11/h2-5,8,15H,6-7H2,1H3,(H2,16,17,18). The molecule has 0 aliphatic rings. The Morgan fingerprint density at radius 1 is 1.14 bits per heavy atom. The molecular weight excluding hydrogens is 322 g/mol. The van der Waals surface area contributed by atoms with E-state index in [0.717, 1.165) is 21.5 Å². The van der Waals surface area contributed by atoms with Crippen LogP contribution in [0.3, 0.4) is 0 Å². The quantitative estimate of drug-likeness (QED) is 0.662. The van der Waals surface area contributed by atoms with Gasteiger partial charge in [-0.05, 0) is 43.2 Å². The lowest BCUT2D eigenvalue weighted by atomic mass is 10.1. The van der Waals surface area contributed by atoms with Crippen LogP contribution in [0, 0.1) is 6.92 Å². The molecule has 22 heavy (non-hydrogen) atoms. The first-order valence-corrected chi connectivity index (χ1v) is 9.01. The topological polar surface area (TPSA) is 94.8 Å². The van der Waals surface area contributed by atoms with Crippen LogP contribution in [0.1, 0.15) is 10.4 Å². The third-order valence-electron chi connectivity index (χ3n) is 3.27. The van der Waals surface area contributed by atoms with Crippen molar-refractivity contribution in [1.82, 2.24) is 14.7 Å². The van der Waals surface area contributed by atoms with E-state index in [-0.39, 0.29) is 5.69 Å². The molecule has 8 heteroatoms. The van der Waals surface area contributed by atoms with Crippen LogP contribution >= 0.6 is 11.3 Å². The van der Waals surface area contributed by atoms with Crippen molar-refractivity contribution in [2.75, 3.05) is 6.54 Å². The molecule has 3 aromatic rings. The number of rotatable bonds is 5. The summed E-state index contributed by atoms with van der Waals surface area (Å²) in [6, 6.07) is 8.92. The number of aromatic amines is 2. The van der Waals surface area contributed by atoms with Crippen LogP contribution in [0.25, 0.3) is 11.0 Å². The third kappa shape index (κ3) is 3.13. The van der Waals surface area contributed by atoms with Gasteiger partial charge >= 0.3 is 5.69 Å². The van der Waals surface area contributed by atoms with Crippen LogP contribution in [0.2, 0.25) is 0 Å². The highest BCUT2D eigenvalue weighted by molar-refractivity contribution is 7.91. The van der Waals surface area contributed by atoms with E-state index in [1.54, 1.807) is 18.2 Å². The van der Waals surface area contributed by atoms with Crippen LogP contribution in [0.4, 0.5) is 0 Å². The molecule has 0 bridgehead atoms. The zero-order valence-corrected chi connectivity index (χ0v) is 13.5. The molecule has 0 aliphatic carbocycles. The fourth-order valence-electron chi connectivity index (χ4n) is 2.19. The number of fused-ring (bicyclic) bond motifs is 1. The summed E-state index contributed by atoms with van der Waals surface area (Å²) in [6.45, 7) is 2.18. The summed E-state index contributed by atoms with van der Waals surface area (Å²) in [7, 11) is -3.44. The Hall–Kier alpha value is -1.90. The van der Waals surface area contributed by atoms with Crippen molar-refractivity contribution in [2.24, 2.45) is 0 Å². The summed E-state index contributed by atoms with van der Waals surface area (Å²) < 4.78 is 27.1. The fraction of sp³-hybridized carbons (Fsp3) is 0.214. The number of benzene rings is 1. The number of imidazole rings is 1. The Morgan fingerprint density at radius 3 is 2.64 bits per heavy atom. The molecular formula is C14H15N3O3S2. The largest absolute Gasteiger partial charge is 0.323 e. The first kappa shape index (κ1) is 15.0. The molecule has 0 radical (unpaired) electrons. The van der Waals surface area contributed by atoms with Gasteiger partial charge in [0.1, 0.15) is 4.21 Å². The molecule has 0 saturated heterocycles. The average Bonchev–Trinajstić information content (AvgIpc) is 3.03. The Bertz CT molecular complexity index is 967. The minimum absolute atomic E-state index is 0.249. The number of nitrogens with one attached hydrogen (secondary N) is 3. The molecule has 0 amide bonds. The summed E-state index contributed by atoms with van der Waals surface area (Å²) >= 11 is 1.25. The number of aromatic nitrogens is 2. The molecule has 6 nitrogen and oxygen atoms in total. The highest BCUT2D eigenvalue weighted by Crippen LogP contribution is 2.20. The lowest BCUT2D eigenvalue weighted by Crippen LogP contribution is -2.25. The number of thiophene rings is 1. The van der Waals surface area contributed by atoms with Crippen molar-refractivity contribution in [3.05, 3.63) is 51.3 Å². The van der Waals surface area contributed by atoms with E-state index in [1.807, 2.05) is 19.1 Å². The molecule has 2 heterocycles. The summed E-state index contributed by atoms with van der Waals surface area (Å²) in [4.78, 5) is 17.5. The second kappa shape index (κ2) is 5.71. The molecule has 0 atom stereocenters. The number of hydrogen-bond acceptors (Lipinski definition) is 4. The Balaban J connectivity index is 1.67. The van der Waals surface area contributed by atoms with Crippen LogP contribution in [-0.2, 0) is 16.4 Å². The van der Waals surface area contributed by atoms with E-state index in [2.05, 4.69) is 14.7 Å². The van der Waals surface area contributed by atoms with Gasteiger partial charge in [0.15, 0.2) is 0 Å². The lowest BCUT2D eigenvalue weighted by Gasteiger charge is -2.05. The fourth-order valence-corrected chi connectivity index (χ4v) is 4.55. The van der Waals surface area contributed by atoms with E-state index >= 15 is 0 Å². The van der Waals surface area contributed by atoms with Crippen molar-refractivity contribution in [3.63, 3.8) is 0 Å². The number of sulfonamides is 1. The summed E-state index contributed by atoms with van der Waals surface area (Å²) in [5, 5.41) is 0. The Labute approximate surface area is 131 Å². The highest BCUT2D eigenvalue weighted by atomic mass is 32.2. The Morgan fingerprint density at radius 2 is 1.91 bits per heavy atom. The van der Waals surface area contributed by atoms with Gasteiger partial charge in [0.2, 0.25) is 10.0 Å². The van der Waals surface area contributed by atoms with Crippen molar-refractivity contribution in [2.45, 2.75) is 17.6 Å². The maximum atomic E-state index is 12.1. The molecule has 0 spiro atoms. The van der Waals surface area contributed by atoms with Gasteiger partial charge in [0, 0.05) is 11.4 Å². The van der Waals surface area contributed by atoms with Crippen molar-refractivity contribution < 1.29 is 8.42 Å². The predicted molar refractivity (Wildman–Crippen MR) is 86.9 cm³/mol. The second-order valence-electron chi connectivity index (χ2n) is 4.97. The summed E-state index contributed by atoms with van der Waals surface area (Å²) in [5.74, 6) is 0. The molecule has 0 fully saturated rings. The molecule has 0 aliphatic heterocycles. The normalized spacial score (nSPS) is 12.0. The zero-order valence-electron chi connectivity index (χ0n) is 11.8. The number of aryl methyl sites for hydroxylation is 1. The third-order valence-corrected chi connectivity index (χ3v) is 6.22. The van der Waals surface area contributed by atoms with Gasteiger partial charge < -0.3 is 9.97 Å². The first-order chi connectivity index (χ1) is 10.4. The predicted octanol–water partition coefficient (Wildman–Crippen LogP) is 1.75. The van der Waals surface area contributed by atoms with E-state index in [4.69, 9.17) is 0 Å². The molecule has 0 unspecified atom stereocenters. The van der Waals surface area contributed by atoms with Crippen molar-refractivity contribution >= 4 is 32.4 Å². The van der Waals surface area contributed by atoms with Gasteiger partial charge in [-0.15, -0.1) is 11.3 Å². The van der Waals surface area contributed by atoms with Crippen LogP contribution in [0.5, 0.6) is 0 Å². The molecule has 0 saturated carbocycles. The lowest BCUT2D eigenvalue weighted by molar-refractivity contribution is 0.584. The van der Waals surface area contributed by atoms with Crippen LogP contribution in [-0.4, -0.2) is 24.9 Å². The van der Waals surface area contributed by atoms with Gasteiger partial charge in [0.05, 0.1) is 11.0 Å². The van der Waals surface area contributed by atoms with E-state index in [9.17, 15) is 13.2 Å². The van der Waals surface area contributed by atoms with E-state index in [0.29, 0.717) is 17.2 Å². The van der Waals surface area contributed by atoms with Gasteiger partial charge in [-0.2, -0.15) is 0 Å². The molecule has 3 rings (SSSR count).